The summed E-state index contributed by atoms with van der Waals surface area (Å²) < 4.78 is 5.08. The molecule has 0 aromatic heterocycles. The van der Waals surface area contributed by atoms with Crippen LogP contribution in [0.1, 0.15) is 11.1 Å². The van der Waals surface area contributed by atoms with E-state index in [1.54, 1.807) is 7.11 Å². The van der Waals surface area contributed by atoms with E-state index in [0.29, 0.717) is 6.54 Å². The van der Waals surface area contributed by atoms with E-state index in [2.05, 4.69) is 24.3 Å². The first-order chi connectivity index (χ1) is 9.24. The summed E-state index contributed by atoms with van der Waals surface area (Å²) in [4.78, 5) is 0. The van der Waals surface area contributed by atoms with Crippen LogP contribution in [0.2, 0.25) is 5.02 Å². The summed E-state index contributed by atoms with van der Waals surface area (Å²) in [6, 6.07) is 14.5. The third-order valence-corrected chi connectivity index (χ3v) is 3.52. The van der Waals surface area contributed by atoms with E-state index in [-0.39, 0.29) is 0 Å². The zero-order chi connectivity index (χ0) is 13.7. The van der Waals surface area contributed by atoms with Crippen molar-refractivity contribution in [3.8, 4) is 11.1 Å². The predicted octanol–water partition coefficient (Wildman–Crippen LogP) is 3.65. The maximum Gasteiger partial charge on any atom is 0.0502 e. The van der Waals surface area contributed by atoms with Gasteiger partial charge in [-0.2, -0.15) is 0 Å². The van der Waals surface area contributed by atoms with Gasteiger partial charge in [0.05, 0.1) is 6.61 Å². The molecule has 3 heteroatoms. The highest BCUT2D eigenvalue weighted by Crippen LogP contribution is 2.25. The summed E-state index contributed by atoms with van der Waals surface area (Å²) in [6.45, 7) is 1.20. The van der Waals surface area contributed by atoms with Gasteiger partial charge in [0.1, 0.15) is 0 Å². The molecule has 100 valence electrons. The van der Waals surface area contributed by atoms with Crippen LogP contribution in [-0.2, 0) is 17.7 Å². The zero-order valence-corrected chi connectivity index (χ0v) is 11.8. The zero-order valence-electron chi connectivity index (χ0n) is 11.0. The first-order valence-corrected chi connectivity index (χ1v) is 6.69. The molecule has 2 rings (SSSR count). The van der Waals surface area contributed by atoms with Crippen molar-refractivity contribution in [1.29, 1.82) is 0 Å². The molecule has 0 saturated carbocycles. The summed E-state index contributed by atoms with van der Waals surface area (Å²) in [6.07, 6.45) is 0.936. The Morgan fingerprint density at radius 1 is 1.05 bits per heavy atom. The fraction of sp³-hybridized carbons (Fsp3) is 0.250. The van der Waals surface area contributed by atoms with Crippen LogP contribution >= 0.6 is 11.6 Å². The first kappa shape index (κ1) is 14.1. The number of hydrogen-bond donors (Lipinski definition) is 1. The molecule has 2 N–H and O–H groups in total. The minimum Gasteiger partial charge on any atom is -0.384 e. The second-order valence-corrected chi connectivity index (χ2v) is 4.86. The van der Waals surface area contributed by atoms with Crippen LogP contribution in [0, 0.1) is 0 Å². The summed E-state index contributed by atoms with van der Waals surface area (Å²) in [5.74, 6) is 0. The molecule has 0 bridgehead atoms. The molecule has 0 aliphatic carbocycles. The lowest BCUT2D eigenvalue weighted by atomic mass is 10.0. The lowest BCUT2D eigenvalue weighted by Crippen LogP contribution is -1.97. The van der Waals surface area contributed by atoms with Crippen LogP contribution in [0.4, 0.5) is 0 Å². The molecule has 19 heavy (non-hydrogen) atoms. The number of halogens is 1. The highest BCUT2D eigenvalue weighted by atomic mass is 35.5. The van der Waals surface area contributed by atoms with E-state index in [1.807, 2.05) is 18.2 Å². The Labute approximate surface area is 119 Å². The smallest absolute Gasteiger partial charge is 0.0502 e. The van der Waals surface area contributed by atoms with Gasteiger partial charge in [0, 0.05) is 18.7 Å². The molecule has 0 aliphatic rings. The fourth-order valence-electron chi connectivity index (χ4n) is 1.99. The molecular formula is C16H18ClNO. The number of ether oxygens (including phenoxy) is 1. The molecule has 2 aromatic carbocycles. The average molecular weight is 276 g/mol. The van der Waals surface area contributed by atoms with E-state index < -0.39 is 0 Å². The molecule has 0 atom stereocenters. The van der Waals surface area contributed by atoms with E-state index in [4.69, 9.17) is 22.1 Å². The third kappa shape index (κ3) is 3.57. The van der Waals surface area contributed by atoms with Gasteiger partial charge in [0.2, 0.25) is 0 Å². The summed E-state index contributed by atoms with van der Waals surface area (Å²) in [5.41, 5.74) is 10.2. The number of benzene rings is 2. The molecule has 0 amide bonds. The van der Waals surface area contributed by atoms with Crippen molar-refractivity contribution in [3.63, 3.8) is 0 Å². The largest absolute Gasteiger partial charge is 0.384 e. The number of methoxy groups -OCH3 is 1. The van der Waals surface area contributed by atoms with Gasteiger partial charge >= 0.3 is 0 Å². The Morgan fingerprint density at radius 2 is 1.74 bits per heavy atom. The summed E-state index contributed by atoms with van der Waals surface area (Å²) >= 11 is 6.07. The van der Waals surface area contributed by atoms with Gasteiger partial charge < -0.3 is 10.5 Å². The molecule has 0 saturated heterocycles. The second-order valence-electron chi connectivity index (χ2n) is 4.45. The number of hydrogen-bond acceptors (Lipinski definition) is 2. The minimum absolute atomic E-state index is 0.457. The maximum absolute atomic E-state index is 6.07. The van der Waals surface area contributed by atoms with Crippen LogP contribution < -0.4 is 5.73 Å². The van der Waals surface area contributed by atoms with Crippen molar-refractivity contribution < 1.29 is 4.74 Å². The molecule has 2 nitrogen and oxygen atoms in total. The van der Waals surface area contributed by atoms with Crippen molar-refractivity contribution in [2.45, 2.75) is 13.0 Å². The Balaban J connectivity index is 2.22. The molecule has 0 heterocycles. The lowest BCUT2D eigenvalue weighted by molar-refractivity contribution is 0.202. The molecule has 0 spiro atoms. The summed E-state index contributed by atoms with van der Waals surface area (Å²) in [7, 11) is 1.72. The Kier molecular flexibility index (Phi) is 4.97. The van der Waals surface area contributed by atoms with Gasteiger partial charge in [-0.15, -0.1) is 0 Å². The second kappa shape index (κ2) is 6.71. The van der Waals surface area contributed by atoms with E-state index in [9.17, 15) is 0 Å². The molecule has 0 fully saturated rings. The van der Waals surface area contributed by atoms with E-state index >= 15 is 0 Å². The van der Waals surface area contributed by atoms with E-state index in [1.165, 1.54) is 11.1 Å². The Hall–Kier alpha value is -1.35. The van der Waals surface area contributed by atoms with Crippen LogP contribution in [0.25, 0.3) is 11.1 Å². The quantitative estimate of drug-likeness (QED) is 0.904. The van der Waals surface area contributed by atoms with E-state index in [0.717, 1.165) is 29.2 Å². The molecule has 2 aromatic rings. The third-order valence-electron chi connectivity index (χ3n) is 3.15. The number of nitrogens with two attached hydrogens (primary N) is 1. The van der Waals surface area contributed by atoms with Gasteiger partial charge in [0.25, 0.3) is 0 Å². The number of rotatable bonds is 5. The summed E-state index contributed by atoms with van der Waals surface area (Å²) in [5, 5.41) is 0.725. The highest BCUT2D eigenvalue weighted by Gasteiger charge is 2.03. The fourth-order valence-corrected chi connectivity index (χ4v) is 2.19. The normalized spacial score (nSPS) is 10.7. The minimum atomic E-state index is 0.457. The van der Waals surface area contributed by atoms with Crippen molar-refractivity contribution in [1.82, 2.24) is 0 Å². The van der Waals surface area contributed by atoms with Gasteiger partial charge in [-0.25, -0.2) is 0 Å². The average Bonchev–Trinajstić information content (AvgIpc) is 2.46. The molecule has 0 unspecified atom stereocenters. The molecular weight excluding hydrogens is 258 g/mol. The van der Waals surface area contributed by atoms with Crippen LogP contribution in [0.3, 0.4) is 0 Å². The van der Waals surface area contributed by atoms with Crippen molar-refractivity contribution >= 4 is 11.6 Å². The van der Waals surface area contributed by atoms with Crippen LogP contribution in [0.5, 0.6) is 0 Å². The van der Waals surface area contributed by atoms with Crippen molar-refractivity contribution in [2.75, 3.05) is 13.7 Å². The highest BCUT2D eigenvalue weighted by molar-refractivity contribution is 6.31. The van der Waals surface area contributed by atoms with Crippen molar-refractivity contribution in [3.05, 3.63) is 58.6 Å². The van der Waals surface area contributed by atoms with Gasteiger partial charge in [-0.3, -0.25) is 0 Å². The van der Waals surface area contributed by atoms with Crippen molar-refractivity contribution in [2.24, 2.45) is 5.73 Å². The maximum atomic E-state index is 6.07. The molecule has 0 radical (unpaired) electrons. The van der Waals surface area contributed by atoms with Gasteiger partial charge in [0.15, 0.2) is 0 Å². The lowest BCUT2D eigenvalue weighted by Gasteiger charge is -2.07. The predicted molar refractivity (Wildman–Crippen MR) is 80.4 cm³/mol. The Morgan fingerprint density at radius 3 is 2.37 bits per heavy atom. The first-order valence-electron chi connectivity index (χ1n) is 6.31. The topological polar surface area (TPSA) is 35.2 Å². The molecule has 0 aliphatic heterocycles. The standard InChI is InChI=1S/C16H18ClNO/c1-19-9-8-12-2-4-13(5-3-12)14-6-7-16(17)15(10-14)11-18/h2-7,10H,8-9,11,18H2,1H3. The SMILES string of the molecule is COCCc1ccc(-c2ccc(Cl)c(CN)c2)cc1. The van der Waals surface area contributed by atoms with Crippen LogP contribution in [-0.4, -0.2) is 13.7 Å². The van der Waals surface area contributed by atoms with Gasteiger partial charge in [-0.1, -0.05) is 41.9 Å². The van der Waals surface area contributed by atoms with Crippen LogP contribution in [0.15, 0.2) is 42.5 Å². The monoisotopic (exact) mass is 275 g/mol. The van der Waals surface area contributed by atoms with Gasteiger partial charge in [-0.05, 0) is 40.8 Å². The Bertz CT molecular complexity index is 537.